The molecule has 1 N–H and O–H groups in total. The van der Waals surface area contributed by atoms with Crippen LogP contribution in [0.5, 0.6) is 0 Å². The van der Waals surface area contributed by atoms with Gasteiger partial charge in [0, 0.05) is 5.52 Å². The lowest BCUT2D eigenvalue weighted by Crippen LogP contribution is -1.91. The fraction of sp³-hybridized carbons (Fsp3) is 0.308. The van der Waals surface area contributed by atoms with E-state index in [1.165, 1.54) is 27.6 Å². The summed E-state index contributed by atoms with van der Waals surface area (Å²) in [6.45, 7) is 6.39. The molecule has 0 aliphatic heterocycles. The van der Waals surface area contributed by atoms with Crippen LogP contribution in [0.1, 0.15) is 23.6 Å². The van der Waals surface area contributed by atoms with Gasteiger partial charge in [-0.1, -0.05) is 31.3 Å². The number of hydrogen-bond acceptors (Lipinski definition) is 1. The Morgan fingerprint density at radius 3 is 2.67 bits per heavy atom. The number of aromatic amines is 1. The van der Waals surface area contributed by atoms with E-state index in [-0.39, 0.29) is 0 Å². The smallest absolute Gasteiger partial charge is 0.106 e. The molecule has 0 spiro atoms. The highest BCUT2D eigenvalue weighted by Crippen LogP contribution is 2.21. The second-order valence-electron chi connectivity index (χ2n) is 3.95. The van der Waals surface area contributed by atoms with Gasteiger partial charge in [0.1, 0.15) is 4.64 Å². The van der Waals surface area contributed by atoms with Gasteiger partial charge in [0.05, 0.1) is 0 Å². The topological polar surface area (TPSA) is 15.8 Å². The summed E-state index contributed by atoms with van der Waals surface area (Å²) in [5.41, 5.74) is 5.00. The van der Waals surface area contributed by atoms with Crippen molar-refractivity contribution in [2.75, 3.05) is 0 Å². The van der Waals surface area contributed by atoms with Crippen LogP contribution in [0.4, 0.5) is 0 Å². The van der Waals surface area contributed by atoms with Gasteiger partial charge in [0.25, 0.3) is 0 Å². The average Bonchev–Trinajstić information content (AvgIpc) is 2.24. The predicted octanol–water partition coefficient (Wildman–Crippen LogP) is 4.08. The molecule has 0 amide bonds. The molecule has 1 aromatic heterocycles. The summed E-state index contributed by atoms with van der Waals surface area (Å²) < 4.78 is 0.874. The van der Waals surface area contributed by atoms with Gasteiger partial charge >= 0.3 is 0 Å². The van der Waals surface area contributed by atoms with Gasteiger partial charge in [-0.15, -0.1) is 0 Å². The monoisotopic (exact) mass is 217 g/mol. The molecule has 2 rings (SSSR count). The van der Waals surface area contributed by atoms with Crippen molar-refractivity contribution in [1.82, 2.24) is 4.98 Å². The number of hydrogen-bond donors (Lipinski definition) is 1. The Labute approximate surface area is 95.2 Å². The van der Waals surface area contributed by atoms with E-state index in [0.717, 1.165) is 11.1 Å². The van der Waals surface area contributed by atoms with Crippen molar-refractivity contribution in [2.24, 2.45) is 0 Å². The first-order valence-corrected chi connectivity index (χ1v) is 5.66. The highest BCUT2D eigenvalue weighted by molar-refractivity contribution is 7.71. The number of H-pyrrole nitrogens is 1. The summed E-state index contributed by atoms with van der Waals surface area (Å²) in [5, 5.41) is 1.25. The van der Waals surface area contributed by atoms with Gasteiger partial charge in [-0.3, -0.25) is 0 Å². The van der Waals surface area contributed by atoms with Gasteiger partial charge in [0.15, 0.2) is 0 Å². The van der Waals surface area contributed by atoms with Crippen LogP contribution in [0.2, 0.25) is 0 Å². The van der Waals surface area contributed by atoms with Crippen molar-refractivity contribution < 1.29 is 0 Å². The second-order valence-corrected chi connectivity index (χ2v) is 4.36. The van der Waals surface area contributed by atoms with E-state index in [1.807, 2.05) is 0 Å². The highest BCUT2D eigenvalue weighted by Gasteiger charge is 2.02. The van der Waals surface area contributed by atoms with Crippen molar-refractivity contribution >= 4 is 23.1 Å². The summed E-state index contributed by atoms with van der Waals surface area (Å²) in [5.74, 6) is 0. The molecule has 1 aromatic carbocycles. The van der Waals surface area contributed by atoms with Crippen LogP contribution in [-0.4, -0.2) is 4.98 Å². The standard InChI is InChI=1S/C13H15NS/c1-4-10-7-11-6-5-8(2)9(3)12(11)14-13(10)15/h5-7H,4H2,1-3H3,(H,14,15). The lowest BCUT2D eigenvalue weighted by Gasteiger charge is -2.07. The van der Waals surface area contributed by atoms with Crippen molar-refractivity contribution in [2.45, 2.75) is 27.2 Å². The molecule has 0 saturated heterocycles. The van der Waals surface area contributed by atoms with Crippen LogP contribution < -0.4 is 0 Å². The Morgan fingerprint density at radius 1 is 1.27 bits per heavy atom. The summed E-state index contributed by atoms with van der Waals surface area (Å²) in [6, 6.07) is 6.51. The van der Waals surface area contributed by atoms with Gasteiger partial charge in [-0.05, 0) is 48.4 Å². The third-order valence-corrected chi connectivity index (χ3v) is 3.37. The number of aromatic nitrogens is 1. The quantitative estimate of drug-likeness (QED) is 0.712. The normalized spacial score (nSPS) is 10.9. The average molecular weight is 217 g/mol. The maximum atomic E-state index is 5.33. The van der Waals surface area contributed by atoms with Crippen LogP contribution >= 0.6 is 12.2 Å². The lowest BCUT2D eigenvalue weighted by molar-refractivity contribution is 1.10. The Kier molecular flexibility index (Phi) is 2.61. The minimum atomic E-state index is 0.874. The van der Waals surface area contributed by atoms with E-state index in [0.29, 0.717) is 0 Å². The predicted molar refractivity (Wildman–Crippen MR) is 68.0 cm³/mol. The van der Waals surface area contributed by atoms with Gasteiger partial charge in [0.2, 0.25) is 0 Å². The van der Waals surface area contributed by atoms with Crippen molar-refractivity contribution in [3.8, 4) is 0 Å². The summed E-state index contributed by atoms with van der Waals surface area (Å²) >= 11 is 5.33. The molecule has 0 unspecified atom stereocenters. The number of pyridine rings is 1. The maximum Gasteiger partial charge on any atom is 0.106 e. The molecule has 1 heterocycles. The molecule has 0 aliphatic rings. The largest absolute Gasteiger partial charge is 0.346 e. The molecule has 0 radical (unpaired) electrons. The zero-order valence-electron chi connectivity index (χ0n) is 9.35. The zero-order valence-corrected chi connectivity index (χ0v) is 10.2. The van der Waals surface area contributed by atoms with E-state index in [1.54, 1.807) is 0 Å². The van der Waals surface area contributed by atoms with Crippen LogP contribution in [-0.2, 0) is 6.42 Å². The molecular weight excluding hydrogens is 202 g/mol. The third-order valence-electron chi connectivity index (χ3n) is 3.01. The number of aryl methyl sites for hydroxylation is 3. The molecule has 15 heavy (non-hydrogen) atoms. The molecule has 0 bridgehead atoms. The first kappa shape index (κ1) is 10.4. The Bertz CT molecular complexity index is 566. The number of fused-ring (bicyclic) bond motifs is 1. The van der Waals surface area contributed by atoms with Gasteiger partial charge < -0.3 is 4.98 Å². The van der Waals surface area contributed by atoms with E-state index in [4.69, 9.17) is 12.2 Å². The Balaban J connectivity index is 2.87. The first-order chi connectivity index (χ1) is 7.13. The summed E-state index contributed by atoms with van der Waals surface area (Å²) in [4.78, 5) is 3.33. The lowest BCUT2D eigenvalue weighted by atomic mass is 10.0. The molecule has 1 nitrogen and oxygen atoms in total. The molecule has 2 heteroatoms. The first-order valence-electron chi connectivity index (χ1n) is 5.25. The van der Waals surface area contributed by atoms with E-state index < -0.39 is 0 Å². The van der Waals surface area contributed by atoms with Crippen molar-refractivity contribution in [3.05, 3.63) is 39.5 Å². The van der Waals surface area contributed by atoms with Crippen molar-refractivity contribution in [3.63, 3.8) is 0 Å². The van der Waals surface area contributed by atoms with E-state index in [2.05, 4.69) is 44.0 Å². The van der Waals surface area contributed by atoms with Gasteiger partial charge in [-0.2, -0.15) is 0 Å². The van der Waals surface area contributed by atoms with E-state index >= 15 is 0 Å². The van der Waals surface area contributed by atoms with Crippen LogP contribution in [0.15, 0.2) is 18.2 Å². The summed E-state index contributed by atoms with van der Waals surface area (Å²) in [7, 11) is 0. The fourth-order valence-corrected chi connectivity index (χ4v) is 2.14. The Hall–Kier alpha value is -1.15. The molecule has 0 aliphatic carbocycles. The molecule has 0 atom stereocenters. The minimum absolute atomic E-state index is 0.874. The van der Waals surface area contributed by atoms with Crippen molar-refractivity contribution in [1.29, 1.82) is 0 Å². The van der Waals surface area contributed by atoms with Crippen LogP contribution in [0.25, 0.3) is 10.9 Å². The SMILES string of the molecule is CCc1cc2ccc(C)c(C)c2[nH]c1=S. The summed E-state index contributed by atoms with van der Waals surface area (Å²) in [6.07, 6.45) is 0.984. The van der Waals surface area contributed by atoms with Crippen LogP contribution in [0, 0.1) is 18.5 Å². The number of rotatable bonds is 1. The second kappa shape index (κ2) is 3.78. The number of nitrogens with one attached hydrogen (secondary N) is 1. The van der Waals surface area contributed by atoms with Crippen LogP contribution in [0.3, 0.4) is 0 Å². The molecule has 0 fully saturated rings. The minimum Gasteiger partial charge on any atom is -0.346 e. The van der Waals surface area contributed by atoms with E-state index in [9.17, 15) is 0 Å². The third kappa shape index (κ3) is 1.70. The molecule has 2 aromatic rings. The maximum absolute atomic E-state index is 5.33. The number of benzene rings is 1. The molecular formula is C13H15NS. The van der Waals surface area contributed by atoms with Gasteiger partial charge in [-0.25, -0.2) is 0 Å². The Morgan fingerprint density at radius 2 is 2.00 bits per heavy atom. The highest BCUT2D eigenvalue weighted by atomic mass is 32.1. The fourth-order valence-electron chi connectivity index (χ4n) is 1.83. The molecule has 78 valence electrons. The zero-order chi connectivity index (χ0) is 11.0. The molecule has 0 saturated carbocycles.